The molecule has 28 heavy (non-hydrogen) atoms. The van der Waals surface area contributed by atoms with Gasteiger partial charge in [0, 0.05) is 46.4 Å². The molecule has 2 amide bonds. The zero-order valence-corrected chi connectivity index (χ0v) is 17.3. The van der Waals surface area contributed by atoms with Crippen molar-refractivity contribution in [2.24, 2.45) is 0 Å². The van der Waals surface area contributed by atoms with E-state index in [4.69, 9.17) is 4.74 Å². The van der Waals surface area contributed by atoms with Crippen molar-refractivity contribution in [3.8, 4) is 0 Å². The van der Waals surface area contributed by atoms with Gasteiger partial charge in [0.15, 0.2) is 0 Å². The van der Waals surface area contributed by atoms with E-state index in [0.717, 1.165) is 38.2 Å². The molecule has 1 aliphatic rings. The number of piperazine rings is 1. The first kappa shape index (κ1) is 22.3. The van der Waals surface area contributed by atoms with Crippen molar-refractivity contribution in [3.05, 3.63) is 35.9 Å². The zero-order valence-electron chi connectivity index (χ0n) is 17.3. The number of hydrogen-bond acceptors (Lipinski definition) is 5. The Kier molecular flexibility index (Phi) is 9.40. The summed E-state index contributed by atoms with van der Waals surface area (Å²) in [6, 6.07) is 9.78. The number of rotatable bonds is 10. The molecule has 1 aromatic rings. The van der Waals surface area contributed by atoms with E-state index in [2.05, 4.69) is 20.4 Å². The van der Waals surface area contributed by atoms with E-state index in [9.17, 15) is 9.59 Å². The van der Waals surface area contributed by atoms with Gasteiger partial charge >= 0.3 is 0 Å². The van der Waals surface area contributed by atoms with Crippen LogP contribution in [-0.2, 0) is 14.3 Å². The first-order valence-electron chi connectivity index (χ1n) is 10.1. The molecule has 2 rings (SSSR count). The van der Waals surface area contributed by atoms with Crippen molar-refractivity contribution in [1.82, 2.24) is 20.4 Å². The number of nitrogens with one attached hydrogen (secondary N) is 2. The fraction of sp³-hybridized carbons (Fsp3) is 0.619. The number of carbonyl (C=O) groups excluding carboxylic acids is 2. The van der Waals surface area contributed by atoms with Crippen LogP contribution >= 0.6 is 0 Å². The van der Waals surface area contributed by atoms with Crippen LogP contribution in [-0.4, -0.2) is 80.6 Å². The summed E-state index contributed by atoms with van der Waals surface area (Å²) >= 11 is 0. The average molecular weight is 391 g/mol. The summed E-state index contributed by atoms with van der Waals surface area (Å²) in [4.78, 5) is 28.9. The summed E-state index contributed by atoms with van der Waals surface area (Å²) in [6.45, 7) is 8.80. The highest BCUT2D eigenvalue weighted by atomic mass is 16.5. The molecular formula is C21H34N4O3. The first-order valence-corrected chi connectivity index (χ1v) is 10.1. The molecule has 0 radical (unpaired) electrons. The molecule has 0 saturated carbocycles. The summed E-state index contributed by atoms with van der Waals surface area (Å²) in [7, 11) is 1.66. The maximum Gasteiger partial charge on any atom is 0.237 e. The van der Waals surface area contributed by atoms with Crippen LogP contribution in [0.2, 0.25) is 0 Å². The second kappa shape index (κ2) is 11.8. The summed E-state index contributed by atoms with van der Waals surface area (Å²) in [5.41, 5.74) is 1.10. The molecule has 0 spiro atoms. The largest absolute Gasteiger partial charge is 0.385 e. The normalized spacial score (nSPS) is 17.7. The molecule has 1 heterocycles. The number of ether oxygens (including phenoxy) is 1. The van der Waals surface area contributed by atoms with Gasteiger partial charge in [0.2, 0.25) is 11.8 Å². The average Bonchev–Trinajstić information content (AvgIpc) is 2.72. The van der Waals surface area contributed by atoms with E-state index in [-0.39, 0.29) is 23.9 Å². The molecule has 2 N–H and O–H groups in total. The van der Waals surface area contributed by atoms with Gasteiger partial charge in [-0.2, -0.15) is 0 Å². The molecule has 0 aliphatic carbocycles. The minimum atomic E-state index is -0.184. The molecule has 1 aliphatic heterocycles. The summed E-state index contributed by atoms with van der Waals surface area (Å²) in [5, 5.41) is 6.02. The Morgan fingerprint density at radius 1 is 1.11 bits per heavy atom. The lowest BCUT2D eigenvalue weighted by atomic mass is 10.1. The number of amides is 2. The monoisotopic (exact) mass is 390 g/mol. The molecule has 0 bridgehead atoms. The molecule has 156 valence electrons. The standard InChI is InChI=1S/C21H34N4O3/c1-17(19-8-5-4-6-9-19)23-21(27)18(2)25-13-11-24(12-14-25)16-20(26)22-10-7-15-28-3/h4-6,8-9,17-18H,7,10-16H2,1-3H3,(H,22,26)(H,23,27). The maximum absolute atomic E-state index is 12.6. The van der Waals surface area contributed by atoms with Crippen LogP contribution in [0.5, 0.6) is 0 Å². The minimum Gasteiger partial charge on any atom is -0.385 e. The van der Waals surface area contributed by atoms with Gasteiger partial charge in [-0.25, -0.2) is 0 Å². The lowest BCUT2D eigenvalue weighted by molar-refractivity contribution is -0.128. The van der Waals surface area contributed by atoms with Crippen LogP contribution in [0.3, 0.4) is 0 Å². The third-order valence-corrected chi connectivity index (χ3v) is 5.21. The number of methoxy groups -OCH3 is 1. The SMILES string of the molecule is COCCCNC(=O)CN1CCN(C(C)C(=O)NC(C)c2ccccc2)CC1. The van der Waals surface area contributed by atoms with Crippen molar-refractivity contribution in [2.45, 2.75) is 32.4 Å². The maximum atomic E-state index is 12.6. The number of carbonyl (C=O) groups is 2. The first-order chi connectivity index (χ1) is 13.5. The van der Waals surface area contributed by atoms with Gasteiger partial charge in [0.1, 0.15) is 0 Å². The number of benzene rings is 1. The fourth-order valence-corrected chi connectivity index (χ4v) is 3.34. The molecule has 7 nitrogen and oxygen atoms in total. The summed E-state index contributed by atoms with van der Waals surface area (Å²) in [5.74, 6) is 0.0905. The van der Waals surface area contributed by atoms with Crippen LogP contribution in [0.1, 0.15) is 31.9 Å². The third kappa shape index (κ3) is 7.22. The quantitative estimate of drug-likeness (QED) is 0.584. The van der Waals surface area contributed by atoms with Crippen molar-refractivity contribution in [2.75, 3.05) is 53.0 Å². The van der Waals surface area contributed by atoms with Crippen LogP contribution < -0.4 is 10.6 Å². The van der Waals surface area contributed by atoms with E-state index in [1.807, 2.05) is 44.2 Å². The fourth-order valence-electron chi connectivity index (χ4n) is 3.34. The minimum absolute atomic E-state index is 0.0146. The van der Waals surface area contributed by atoms with Gasteiger partial charge < -0.3 is 15.4 Å². The van der Waals surface area contributed by atoms with Crippen molar-refractivity contribution in [3.63, 3.8) is 0 Å². The van der Waals surface area contributed by atoms with Crippen LogP contribution in [0.15, 0.2) is 30.3 Å². The van der Waals surface area contributed by atoms with Crippen LogP contribution in [0.25, 0.3) is 0 Å². The Balaban J connectivity index is 1.70. The highest BCUT2D eigenvalue weighted by molar-refractivity contribution is 5.81. The summed E-state index contributed by atoms with van der Waals surface area (Å²) < 4.78 is 4.98. The smallest absolute Gasteiger partial charge is 0.237 e. The summed E-state index contributed by atoms with van der Waals surface area (Å²) in [6.07, 6.45) is 0.823. The molecule has 1 saturated heterocycles. The van der Waals surface area contributed by atoms with Crippen LogP contribution in [0.4, 0.5) is 0 Å². The van der Waals surface area contributed by atoms with E-state index < -0.39 is 0 Å². The Labute approximate surface area is 168 Å². The highest BCUT2D eigenvalue weighted by Crippen LogP contribution is 2.13. The molecule has 2 atom stereocenters. The van der Waals surface area contributed by atoms with E-state index in [1.165, 1.54) is 0 Å². The molecule has 1 fully saturated rings. The lowest BCUT2D eigenvalue weighted by Crippen LogP contribution is -2.55. The number of nitrogens with zero attached hydrogens (tertiary/aromatic N) is 2. The third-order valence-electron chi connectivity index (χ3n) is 5.21. The zero-order chi connectivity index (χ0) is 20.4. The molecule has 0 aromatic heterocycles. The number of hydrogen-bond donors (Lipinski definition) is 2. The van der Waals surface area contributed by atoms with Gasteiger partial charge in [-0.3, -0.25) is 19.4 Å². The Bertz CT molecular complexity index is 603. The van der Waals surface area contributed by atoms with Crippen molar-refractivity contribution in [1.29, 1.82) is 0 Å². The lowest BCUT2D eigenvalue weighted by Gasteiger charge is -2.37. The van der Waals surface area contributed by atoms with E-state index in [1.54, 1.807) is 7.11 Å². The van der Waals surface area contributed by atoms with Gasteiger partial charge in [-0.05, 0) is 25.8 Å². The van der Waals surface area contributed by atoms with Gasteiger partial charge in [0.05, 0.1) is 18.6 Å². The van der Waals surface area contributed by atoms with Crippen molar-refractivity contribution < 1.29 is 14.3 Å². The second-order valence-corrected chi connectivity index (χ2v) is 7.33. The highest BCUT2D eigenvalue weighted by Gasteiger charge is 2.27. The molecule has 1 aromatic carbocycles. The van der Waals surface area contributed by atoms with Crippen molar-refractivity contribution >= 4 is 11.8 Å². The second-order valence-electron chi connectivity index (χ2n) is 7.33. The Morgan fingerprint density at radius 2 is 1.79 bits per heavy atom. The predicted molar refractivity (Wildman–Crippen MR) is 110 cm³/mol. The van der Waals surface area contributed by atoms with Crippen LogP contribution in [0, 0.1) is 0 Å². The van der Waals surface area contributed by atoms with E-state index in [0.29, 0.717) is 19.7 Å². The Hall–Kier alpha value is -1.96. The Morgan fingerprint density at radius 3 is 2.43 bits per heavy atom. The van der Waals surface area contributed by atoms with Gasteiger partial charge in [-0.1, -0.05) is 30.3 Å². The molecule has 7 heteroatoms. The molecular weight excluding hydrogens is 356 g/mol. The van der Waals surface area contributed by atoms with E-state index >= 15 is 0 Å². The predicted octanol–water partition coefficient (Wildman–Crippen LogP) is 1.02. The molecule has 2 unspecified atom stereocenters. The van der Waals surface area contributed by atoms with Gasteiger partial charge in [-0.15, -0.1) is 0 Å². The topological polar surface area (TPSA) is 73.9 Å². The van der Waals surface area contributed by atoms with Gasteiger partial charge in [0.25, 0.3) is 0 Å².